The maximum Gasteiger partial charge on any atom is 0.132 e. The molecule has 2 N–H and O–H groups in total. The number of halogens is 1. The van der Waals surface area contributed by atoms with Crippen molar-refractivity contribution in [3.63, 3.8) is 0 Å². The van der Waals surface area contributed by atoms with Crippen LogP contribution in [0.2, 0.25) is 0 Å². The van der Waals surface area contributed by atoms with Gasteiger partial charge in [-0.1, -0.05) is 6.07 Å². The molecule has 3 nitrogen and oxygen atoms in total. The zero-order valence-electron chi connectivity index (χ0n) is 7.29. The molecule has 0 bridgehead atoms. The Kier molecular flexibility index (Phi) is 2.09. The van der Waals surface area contributed by atoms with Crippen molar-refractivity contribution in [2.24, 2.45) is 5.73 Å². The predicted molar refractivity (Wildman–Crippen MR) is 55.5 cm³/mol. The number of rotatable bonds is 1. The molecule has 2 rings (SSSR count). The van der Waals surface area contributed by atoms with Gasteiger partial charge < -0.3 is 10.1 Å². The summed E-state index contributed by atoms with van der Waals surface area (Å²) in [4.78, 5) is 4.30. The summed E-state index contributed by atoms with van der Waals surface area (Å²) in [6.45, 7) is 2.50. The second kappa shape index (κ2) is 3.12. The number of pyridine rings is 1. The SMILES string of the molecule is Cc1ccc2c(Br)nc(CN)n2c1. The van der Waals surface area contributed by atoms with E-state index in [1.807, 2.05) is 23.6 Å². The molecule has 0 amide bonds. The molecule has 0 aliphatic carbocycles. The summed E-state index contributed by atoms with van der Waals surface area (Å²) < 4.78 is 2.87. The van der Waals surface area contributed by atoms with Gasteiger partial charge >= 0.3 is 0 Å². The zero-order chi connectivity index (χ0) is 9.42. The largest absolute Gasteiger partial charge is 0.324 e. The van der Waals surface area contributed by atoms with Crippen LogP contribution in [0.3, 0.4) is 0 Å². The van der Waals surface area contributed by atoms with Crippen LogP contribution in [0.5, 0.6) is 0 Å². The molecule has 0 aliphatic heterocycles. The van der Waals surface area contributed by atoms with Crippen LogP contribution >= 0.6 is 15.9 Å². The van der Waals surface area contributed by atoms with E-state index in [1.165, 1.54) is 5.56 Å². The highest BCUT2D eigenvalue weighted by Gasteiger charge is 2.06. The van der Waals surface area contributed by atoms with Crippen molar-refractivity contribution in [1.29, 1.82) is 0 Å². The van der Waals surface area contributed by atoms with Crippen LogP contribution in [0.15, 0.2) is 22.9 Å². The molecule has 13 heavy (non-hydrogen) atoms. The number of fused-ring (bicyclic) bond motifs is 1. The predicted octanol–water partition coefficient (Wildman–Crippen LogP) is 1.86. The average Bonchev–Trinajstić information content (AvgIpc) is 2.42. The van der Waals surface area contributed by atoms with Crippen molar-refractivity contribution < 1.29 is 0 Å². The van der Waals surface area contributed by atoms with Gasteiger partial charge in [-0.3, -0.25) is 0 Å². The lowest BCUT2D eigenvalue weighted by atomic mass is 10.3. The molecule has 2 heterocycles. The molecule has 0 saturated heterocycles. The fourth-order valence-electron chi connectivity index (χ4n) is 1.36. The van der Waals surface area contributed by atoms with Crippen molar-refractivity contribution in [1.82, 2.24) is 9.38 Å². The molecular weight excluding hydrogens is 230 g/mol. The van der Waals surface area contributed by atoms with Gasteiger partial charge in [0.2, 0.25) is 0 Å². The van der Waals surface area contributed by atoms with Gasteiger partial charge in [0.05, 0.1) is 12.1 Å². The Morgan fingerprint density at radius 2 is 2.31 bits per heavy atom. The monoisotopic (exact) mass is 239 g/mol. The van der Waals surface area contributed by atoms with Crippen LogP contribution in [0.4, 0.5) is 0 Å². The molecule has 0 radical (unpaired) electrons. The first-order chi connectivity index (χ1) is 6.22. The van der Waals surface area contributed by atoms with Crippen molar-refractivity contribution in [3.05, 3.63) is 34.3 Å². The zero-order valence-corrected chi connectivity index (χ0v) is 8.87. The Morgan fingerprint density at radius 1 is 1.54 bits per heavy atom. The van der Waals surface area contributed by atoms with Crippen molar-refractivity contribution in [2.75, 3.05) is 0 Å². The Balaban J connectivity index is 2.81. The fraction of sp³-hybridized carbons (Fsp3) is 0.222. The number of aromatic nitrogens is 2. The van der Waals surface area contributed by atoms with Crippen molar-refractivity contribution in [3.8, 4) is 0 Å². The van der Waals surface area contributed by atoms with Crippen LogP contribution in [-0.4, -0.2) is 9.38 Å². The molecule has 0 atom stereocenters. The van der Waals surface area contributed by atoms with E-state index in [-0.39, 0.29) is 0 Å². The van der Waals surface area contributed by atoms with E-state index in [0.29, 0.717) is 6.54 Å². The van der Waals surface area contributed by atoms with E-state index < -0.39 is 0 Å². The second-order valence-electron chi connectivity index (χ2n) is 2.98. The summed E-state index contributed by atoms with van der Waals surface area (Å²) >= 11 is 3.40. The number of nitrogens with two attached hydrogens (primary N) is 1. The summed E-state index contributed by atoms with van der Waals surface area (Å²) in [5, 5.41) is 0. The second-order valence-corrected chi connectivity index (χ2v) is 3.74. The summed E-state index contributed by atoms with van der Waals surface area (Å²) in [5.41, 5.74) is 7.84. The first-order valence-electron chi connectivity index (χ1n) is 4.05. The van der Waals surface area contributed by atoms with Crippen molar-refractivity contribution >= 4 is 21.4 Å². The molecule has 0 aliphatic rings. The minimum Gasteiger partial charge on any atom is -0.324 e. The van der Waals surface area contributed by atoms with E-state index in [2.05, 4.69) is 27.0 Å². The first kappa shape index (κ1) is 8.72. The van der Waals surface area contributed by atoms with Crippen molar-refractivity contribution in [2.45, 2.75) is 13.5 Å². The lowest BCUT2D eigenvalue weighted by molar-refractivity contribution is 0.898. The van der Waals surface area contributed by atoms with E-state index >= 15 is 0 Å². The van der Waals surface area contributed by atoms with E-state index in [9.17, 15) is 0 Å². The van der Waals surface area contributed by atoms with Gasteiger partial charge in [0, 0.05) is 6.20 Å². The first-order valence-corrected chi connectivity index (χ1v) is 4.85. The average molecular weight is 240 g/mol. The lowest BCUT2D eigenvalue weighted by Crippen LogP contribution is -2.02. The quantitative estimate of drug-likeness (QED) is 0.826. The van der Waals surface area contributed by atoms with E-state index in [1.54, 1.807) is 0 Å². The van der Waals surface area contributed by atoms with Crippen LogP contribution in [0.1, 0.15) is 11.4 Å². The van der Waals surface area contributed by atoms with Gasteiger partial charge in [-0.15, -0.1) is 0 Å². The van der Waals surface area contributed by atoms with Gasteiger partial charge in [-0.05, 0) is 34.5 Å². The summed E-state index contributed by atoms with van der Waals surface area (Å²) in [5.74, 6) is 0.880. The van der Waals surface area contributed by atoms with Crippen LogP contribution in [0, 0.1) is 6.92 Å². The highest BCUT2D eigenvalue weighted by Crippen LogP contribution is 2.19. The Hall–Kier alpha value is -0.870. The standard InChI is InChI=1S/C9H10BrN3/c1-6-2-3-7-9(10)12-8(4-11)13(7)5-6/h2-3,5H,4,11H2,1H3. The maximum atomic E-state index is 5.58. The smallest absolute Gasteiger partial charge is 0.132 e. The number of hydrogen-bond acceptors (Lipinski definition) is 2. The molecule has 4 heteroatoms. The van der Waals surface area contributed by atoms with E-state index in [4.69, 9.17) is 5.73 Å². The number of imidazole rings is 1. The third kappa shape index (κ3) is 1.36. The summed E-state index contributed by atoms with van der Waals surface area (Å²) in [7, 11) is 0. The van der Waals surface area contributed by atoms with Gasteiger partial charge in [0.25, 0.3) is 0 Å². The van der Waals surface area contributed by atoms with Gasteiger partial charge in [0.1, 0.15) is 10.4 Å². The van der Waals surface area contributed by atoms with Crippen LogP contribution < -0.4 is 5.73 Å². The Labute approximate surface area is 84.7 Å². The lowest BCUT2D eigenvalue weighted by Gasteiger charge is -1.98. The third-order valence-electron chi connectivity index (χ3n) is 2.00. The summed E-state index contributed by atoms with van der Waals surface area (Å²) in [6, 6.07) is 4.09. The van der Waals surface area contributed by atoms with E-state index in [0.717, 1.165) is 15.9 Å². The number of hydrogen-bond donors (Lipinski definition) is 1. The topological polar surface area (TPSA) is 43.3 Å². The highest BCUT2D eigenvalue weighted by atomic mass is 79.9. The molecule has 0 spiro atoms. The van der Waals surface area contributed by atoms with Gasteiger partial charge in [-0.2, -0.15) is 0 Å². The van der Waals surface area contributed by atoms with Gasteiger partial charge in [-0.25, -0.2) is 4.98 Å². The molecule has 0 unspecified atom stereocenters. The minimum absolute atomic E-state index is 0.455. The third-order valence-corrected chi connectivity index (χ3v) is 2.58. The molecule has 0 aromatic carbocycles. The maximum absolute atomic E-state index is 5.58. The highest BCUT2D eigenvalue weighted by molar-refractivity contribution is 9.10. The molecule has 68 valence electrons. The molecule has 2 aromatic rings. The van der Waals surface area contributed by atoms with Gasteiger partial charge in [0.15, 0.2) is 0 Å². The summed E-state index contributed by atoms with van der Waals surface area (Å²) in [6.07, 6.45) is 2.04. The fourth-order valence-corrected chi connectivity index (χ4v) is 1.88. The normalized spacial score (nSPS) is 11.0. The Bertz CT molecular complexity index is 447. The molecular formula is C9H10BrN3. The van der Waals surface area contributed by atoms with Crippen LogP contribution in [-0.2, 0) is 6.54 Å². The minimum atomic E-state index is 0.455. The van der Waals surface area contributed by atoms with Crippen LogP contribution in [0.25, 0.3) is 5.52 Å². The molecule has 0 fully saturated rings. The number of nitrogens with zero attached hydrogens (tertiary/aromatic N) is 2. The molecule has 0 saturated carbocycles. The molecule has 2 aromatic heterocycles. The Morgan fingerprint density at radius 3 is 3.00 bits per heavy atom. The number of aryl methyl sites for hydroxylation is 1.